The maximum absolute atomic E-state index is 5.43. The lowest BCUT2D eigenvalue weighted by atomic mass is 10.2. The Morgan fingerprint density at radius 1 is 1.36 bits per heavy atom. The van der Waals surface area contributed by atoms with Crippen LogP contribution in [-0.2, 0) is 6.42 Å². The van der Waals surface area contributed by atoms with Gasteiger partial charge in [-0.3, -0.25) is 0 Å². The number of aromatic nitrogens is 2. The Bertz CT molecular complexity index is 439. The molecule has 3 nitrogen and oxygen atoms in total. The van der Waals surface area contributed by atoms with Crippen molar-refractivity contribution in [1.82, 2.24) is 10.2 Å². The molecule has 1 aromatic carbocycles. The van der Waals surface area contributed by atoms with Gasteiger partial charge < -0.3 is 4.42 Å². The highest BCUT2D eigenvalue weighted by Gasteiger charge is 2.06. The molecule has 0 fully saturated rings. The van der Waals surface area contributed by atoms with Crippen molar-refractivity contribution >= 4 is 15.9 Å². The molecular weight excluding hydrogens is 244 g/mol. The average molecular weight is 253 g/mol. The van der Waals surface area contributed by atoms with Gasteiger partial charge in [0.05, 0.1) is 0 Å². The van der Waals surface area contributed by atoms with Crippen LogP contribution in [0, 0.1) is 0 Å². The molecule has 0 atom stereocenters. The van der Waals surface area contributed by atoms with E-state index in [1.54, 1.807) is 0 Å². The van der Waals surface area contributed by atoms with Crippen molar-refractivity contribution in [2.24, 2.45) is 0 Å². The quantitative estimate of drug-likeness (QED) is 0.825. The van der Waals surface area contributed by atoms with Crippen molar-refractivity contribution in [3.8, 4) is 11.5 Å². The van der Waals surface area contributed by atoms with Gasteiger partial charge in [-0.2, -0.15) is 0 Å². The molecule has 2 aromatic rings. The van der Waals surface area contributed by atoms with E-state index in [9.17, 15) is 0 Å². The van der Waals surface area contributed by atoms with Crippen molar-refractivity contribution in [3.05, 3.63) is 34.6 Å². The fourth-order valence-electron chi connectivity index (χ4n) is 1.13. The molecule has 0 saturated heterocycles. The fraction of sp³-hybridized carbons (Fsp3) is 0.200. The summed E-state index contributed by atoms with van der Waals surface area (Å²) < 4.78 is 6.44. The average Bonchev–Trinajstić information content (AvgIpc) is 2.66. The Morgan fingerprint density at radius 2 is 2.21 bits per heavy atom. The molecule has 72 valence electrons. The van der Waals surface area contributed by atoms with Gasteiger partial charge >= 0.3 is 0 Å². The summed E-state index contributed by atoms with van der Waals surface area (Å²) in [6.45, 7) is 1.98. The van der Waals surface area contributed by atoms with E-state index < -0.39 is 0 Å². The number of aryl methyl sites for hydroxylation is 1. The van der Waals surface area contributed by atoms with Crippen molar-refractivity contribution in [3.63, 3.8) is 0 Å². The number of rotatable bonds is 2. The van der Waals surface area contributed by atoms with E-state index in [2.05, 4.69) is 26.1 Å². The summed E-state index contributed by atoms with van der Waals surface area (Å²) in [5.41, 5.74) is 0.937. The predicted molar refractivity (Wildman–Crippen MR) is 56.8 cm³/mol. The lowest BCUT2D eigenvalue weighted by Crippen LogP contribution is -1.77. The van der Waals surface area contributed by atoms with Gasteiger partial charge in [0.15, 0.2) is 0 Å². The van der Waals surface area contributed by atoms with Gasteiger partial charge in [0, 0.05) is 16.5 Å². The summed E-state index contributed by atoms with van der Waals surface area (Å²) in [4.78, 5) is 0. The lowest BCUT2D eigenvalue weighted by Gasteiger charge is -1.94. The molecule has 14 heavy (non-hydrogen) atoms. The van der Waals surface area contributed by atoms with E-state index in [1.807, 2.05) is 31.2 Å². The zero-order chi connectivity index (χ0) is 9.97. The van der Waals surface area contributed by atoms with Crippen molar-refractivity contribution in [2.75, 3.05) is 0 Å². The summed E-state index contributed by atoms with van der Waals surface area (Å²) in [6.07, 6.45) is 0.765. The standard InChI is InChI=1S/C10H9BrN2O/c1-2-9-12-13-10(14-9)7-4-3-5-8(11)6-7/h3-6H,2H2,1H3. The molecular formula is C10H9BrN2O. The first-order valence-corrected chi connectivity index (χ1v) is 5.17. The van der Waals surface area contributed by atoms with Crippen LogP contribution in [0.15, 0.2) is 33.2 Å². The van der Waals surface area contributed by atoms with Crippen LogP contribution in [0.4, 0.5) is 0 Å². The second-order valence-electron chi connectivity index (χ2n) is 2.86. The van der Waals surface area contributed by atoms with Crippen LogP contribution in [-0.4, -0.2) is 10.2 Å². The minimum Gasteiger partial charge on any atom is -0.421 e. The third-order valence-corrected chi connectivity index (χ3v) is 2.33. The molecule has 0 bridgehead atoms. The van der Waals surface area contributed by atoms with Gasteiger partial charge in [0.2, 0.25) is 11.8 Å². The zero-order valence-corrected chi connectivity index (χ0v) is 9.28. The Hall–Kier alpha value is -1.16. The summed E-state index contributed by atoms with van der Waals surface area (Å²) in [5.74, 6) is 1.24. The Kier molecular flexibility index (Phi) is 2.63. The van der Waals surface area contributed by atoms with Crippen molar-refractivity contribution in [2.45, 2.75) is 13.3 Å². The van der Waals surface area contributed by atoms with E-state index >= 15 is 0 Å². The molecule has 2 rings (SSSR count). The summed E-state index contributed by atoms with van der Waals surface area (Å²) >= 11 is 3.39. The number of benzene rings is 1. The molecule has 0 aliphatic rings. The first kappa shape index (κ1) is 9.40. The molecule has 0 unspecified atom stereocenters. The number of halogens is 1. The molecule has 0 saturated carbocycles. The van der Waals surface area contributed by atoms with Gasteiger partial charge in [0.1, 0.15) is 0 Å². The lowest BCUT2D eigenvalue weighted by molar-refractivity contribution is 0.513. The smallest absolute Gasteiger partial charge is 0.247 e. The van der Waals surface area contributed by atoms with Crippen LogP contribution in [0.2, 0.25) is 0 Å². The maximum Gasteiger partial charge on any atom is 0.247 e. The van der Waals surface area contributed by atoms with Gasteiger partial charge in [0.25, 0.3) is 0 Å². The highest BCUT2D eigenvalue weighted by Crippen LogP contribution is 2.21. The van der Waals surface area contributed by atoms with E-state index in [0.717, 1.165) is 16.5 Å². The van der Waals surface area contributed by atoms with Gasteiger partial charge in [-0.15, -0.1) is 10.2 Å². The van der Waals surface area contributed by atoms with Crippen LogP contribution in [0.3, 0.4) is 0 Å². The Morgan fingerprint density at radius 3 is 2.86 bits per heavy atom. The minimum absolute atomic E-state index is 0.572. The number of nitrogens with zero attached hydrogens (tertiary/aromatic N) is 2. The van der Waals surface area contributed by atoms with Crippen LogP contribution in [0.5, 0.6) is 0 Å². The van der Waals surface area contributed by atoms with Gasteiger partial charge in [-0.05, 0) is 18.2 Å². The third-order valence-electron chi connectivity index (χ3n) is 1.84. The maximum atomic E-state index is 5.43. The molecule has 0 N–H and O–H groups in total. The van der Waals surface area contributed by atoms with Crippen molar-refractivity contribution in [1.29, 1.82) is 0 Å². The topological polar surface area (TPSA) is 38.9 Å². The largest absolute Gasteiger partial charge is 0.421 e. The van der Waals surface area contributed by atoms with Crippen molar-refractivity contribution < 1.29 is 4.42 Å². The van der Waals surface area contributed by atoms with Gasteiger partial charge in [-0.1, -0.05) is 28.9 Å². The van der Waals surface area contributed by atoms with Crippen LogP contribution < -0.4 is 0 Å². The molecule has 1 heterocycles. The van der Waals surface area contributed by atoms with Crippen LogP contribution in [0.25, 0.3) is 11.5 Å². The second kappa shape index (κ2) is 3.92. The molecule has 4 heteroatoms. The SMILES string of the molecule is CCc1nnc(-c2cccc(Br)c2)o1. The highest BCUT2D eigenvalue weighted by atomic mass is 79.9. The van der Waals surface area contributed by atoms with E-state index in [-0.39, 0.29) is 0 Å². The zero-order valence-electron chi connectivity index (χ0n) is 7.70. The van der Waals surface area contributed by atoms with E-state index in [0.29, 0.717) is 11.8 Å². The van der Waals surface area contributed by atoms with Gasteiger partial charge in [-0.25, -0.2) is 0 Å². The molecule has 0 radical (unpaired) electrons. The van der Waals surface area contributed by atoms with E-state index in [1.165, 1.54) is 0 Å². The second-order valence-corrected chi connectivity index (χ2v) is 3.78. The monoisotopic (exact) mass is 252 g/mol. The summed E-state index contributed by atoms with van der Waals surface area (Å²) in [7, 11) is 0. The first-order chi connectivity index (χ1) is 6.79. The normalized spacial score (nSPS) is 10.4. The Labute approximate surface area is 90.3 Å². The molecule has 0 amide bonds. The van der Waals surface area contributed by atoms with Crippen LogP contribution in [0.1, 0.15) is 12.8 Å². The summed E-state index contributed by atoms with van der Waals surface area (Å²) in [6, 6.07) is 7.79. The minimum atomic E-state index is 0.572. The fourth-order valence-corrected chi connectivity index (χ4v) is 1.53. The predicted octanol–water partition coefficient (Wildman–Crippen LogP) is 3.06. The highest BCUT2D eigenvalue weighted by molar-refractivity contribution is 9.10. The molecule has 0 aliphatic heterocycles. The summed E-state index contributed by atoms with van der Waals surface area (Å²) in [5, 5.41) is 7.87. The molecule has 1 aromatic heterocycles. The first-order valence-electron chi connectivity index (χ1n) is 4.38. The Balaban J connectivity index is 2.39. The molecule has 0 aliphatic carbocycles. The molecule has 0 spiro atoms. The van der Waals surface area contributed by atoms with Crippen LogP contribution >= 0.6 is 15.9 Å². The van der Waals surface area contributed by atoms with E-state index in [4.69, 9.17) is 4.42 Å². The number of hydrogen-bond donors (Lipinski definition) is 0. The third kappa shape index (κ3) is 1.85. The number of hydrogen-bond acceptors (Lipinski definition) is 3.